The van der Waals surface area contributed by atoms with Crippen LogP contribution in [0.5, 0.6) is 0 Å². The summed E-state index contributed by atoms with van der Waals surface area (Å²) in [6, 6.07) is 9.50. The molecular weight excluding hydrogens is 244 g/mol. The van der Waals surface area contributed by atoms with Crippen LogP contribution in [0.4, 0.5) is 0 Å². The van der Waals surface area contributed by atoms with Crippen LogP contribution in [-0.4, -0.2) is 44.0 Å². The highest BCUT2D eigenvalue weighted by molar-refractivity contribution is 7.98. The Morgan fingerprint density at radius 1 is 1.44 bits per heavy atom. The second-order valence-electron chi connectivity index (χ2n) is 4.71. The molecule has 1 aliphatic rings. The third kappa shape index (κ3) is 3.06. The Morgan fingerprint density at radius 2 is 2.17 bits per heavy atom. The number of benzene rings is 1. The highest BCUT2D eigenvalue weighted by Gasteiger charge is 2.26. The highest BCUT2D eigenvalue weighted by atomic mass is 32.2. The molecule has 0 bridgehead atoms. The molecule has 2 atom stereocenters. The Morgan fingerprint density at radius 3 is 2.67 bits per heavy atom. The van der Waals surface area contributed by atoms with Gasteiger partial charge >= 0.3 is 0 Å². The Balaban J connectivity index is 2.10. The molecule has 0 aliphatic carbocycles. The zero-order chi connectivity index (χ0) is 13.0. The van der Waals surface area contributed by atoms with E-state index in [1.54, 1.807) is 11.8 Å². The lowest BCUT2D eigenvalue weighted by Crippen LogP contribution is -2.38. The number of likely N-dealkylation sites (N-methyl/N-ethyl adjacent to an activating group) is 1. The summed E-state index contributed by atoms with van der Waals surface area (Å²) < 4.78 is 5.46. The average molecular weight is 266 g/mol. The molecule has 1 aliphatic heterocycles. The third-order valence-electron chi connectivity index (χ3n) is 3.70. The molecule has 100 valence electrons. The second kappa shape index (κ2) is 6.57. The van der Waals surface area contributed by atoms with Crippen LogP contribution >= 0.6 is 11.8 Å². The number of nitrogens with two attached hydrogens (primary N) is 1. The molecule has 0 aromatic heterocycles. The molecule has 1 saturated heterocycles. The zero-order valence-corrected chi connectivity index (χ0v) is 12.0. The van der Waals surface area contributed by atoms with Gasteiger partial charge in [0.2, 0.25) is 0 Å². The van der Waals surface area contributed by atoms with E-state index < -0.39 is 0 Å². The van der Waals surface area contributed by atoms with E-state index in [2.05, 4.69) is 42.5 Å². The molecule has 0 spiro atoms. The van der Waals surface area contributed by atoms with E-state index >= 15 is 0 Å². The van der Waals surface area contributed by atoms with Gasteiger partial charge in [0, 0.05) is 30.1 Å². The van der Waals surface area contributed by atoms with Crippen molar-refractivity contribution in [3.05, 3.63) is 29.8 Å². The van der Waals surface area contributed by atoms with Gasteiger partial charge in [-0.25, -0.2) is 0 Å². The van der Waals surface area contributed by atoms with Crippen LogP contribution in [0.3, 0.4) is 0 Å². The van der Waals surface area contributed by atoms with E-state index in [1.165, 1.54) is 10.5 Å². The van der Waals surface area contributed by atoms with Crippen molar-refractivity contribution in [2.45, 2.75) is 23.4 Å². The van der Waals surface area contributed by atoms with Gasteiger partial charge in [0.25, 0.3) is 0 Å². The van der Waals surface area contributed by atoms with Crippen LogP contribution < -0.4 is 5.73 Å². The molecule has 1 heterocycles. The van der Waals surface area contributed by atoms with Gasteiger partial charge < -0.3 is 10.5 Å². The molecule has 2 rings (SSSR count). The van der Waals surface area contributed by atoms with Crippen molar-refractivity contribution >= 4 is 11.8 Å². The van der Waals surface area contributed by atoms with Gasteiger partial charge in [0.1, 0.15) is 0 Å². The predicted octanol–water partition coefficient (Wildman–Crippen LogP) is 2.13. The van der Waals surface area contributed by atoms with E-state index in [-0.39, 0.29) is 6.04 Å². The topological polar surface area (TPSA) is 38.5 Å². The smallest absolute Gasteiger partial charge is 0.0622 e. The molecule has 0 amide bonds. The SMILES string of the molecule is CSc1ccc(C(CN)N(C)C2CCOC2)cc1. The first-order valence-electron chi connectivity index (χ1n) is 6.40. The highest BCUT2D eigenvalue weighted by Crippen LogP contribution is 2.25. The van der Waals surface area contributed by atoms with Gasteiger partial charge in [-0.1, -0.05) is 12.1 Å². The van der Waals surface area contributed by atoms with Crippen molar-refractivity contribution in [2.75, 3.05) is 33.1 Å². The van der Waals surface area contributed by atoms with Crippen molar-refractivity contribution in [1.82, 2.24) is 4.90 Å². The minimum Gasteiger partial charge on any atom is -0.380 e. The Kier molecular flexibility index (Phi) is 5.06. The summed E-state index contributed by atoms with van der Waals surface area (Å²) in [7, 11) is 2.15. The Labute approximate surface area is 114 Å². The molecule has 1 aromatic carbocycles. The fraction of sp³-hybridized carbons (Fsp3) is 0.571. The molecule has 4 heteroatoms. The number of nitrogens with zero attached hydrogens (tertiary/aromatic N) is 1. The first kappa shape index (κ1) is 13.9. The summed E-state index contributed by atoms with van der Waals surface area (Å²) in [4.78, 5) is 3.66. The van der Waals surface area contributed by atoms with Gasteiger partial charge in [-0.2, -0.15) is 0 Å². The van der Waals surface area contributed by atoms with Gasteiger partial charge in [-0.15, -0.1) is 11.8 Å². The fourth-order valence-corrected chi connectivity index (χ4v) is 2.87. The third-order valence-corrected chi connectivity index (χ3v) is 4.44. The van der Waals surface area contributed by atoms with E-state index in [0.717, 1.165) is 19.6 Å². The molecule has 0 radical (unpaired) electrons. The van der Waals surface area contributed by atoms with Gasteiger partial charge in [-0.3, -0.25) is 4.90 Å². The average Bonchev–Trinajstić information content (AvgIpc) is 2.94. The standard InChI is InChI=1S/C14H22N2OS/c1-16(12-7-8-17-10-12)14(9-15)11-3-5-13(18-2)6-4-11/h3-6,12,14H,7-10,15H2,1-2H3. The minimum absolute atomic E-state index is 0.285. The van der Waals surface area contributed by atoms with Crippen molar-refractivity contribution < 1.29 is 4.74 Å². The molecule has 18 heavy (non-hydrogen) atoms. The lowest BCUT2D eigenvalue weighted by molar-refractivity contribution is 0.134. The molecule has 1 aromatic rings. The summed E-state index contributed by atoms with van der Waals surface area (Å²) in [5, 5.41) is 0. The van der Waals surface area contributed by atoms with E-state index in [0.29, 0.717) is 12.6 Å². The first-order valence-corrected chi connectivity index (χ1v) is 7.62. The van der Waals surface area contributed by atoms with Crippen LogP contribution in [0, 0.1) is 0 Å². The summed E-state index contributed by atoms with van der Waals surface area (Å²) >= 11 is 1.77. The summed E-state index contributed by atoms with van der Waals surface area (Å²) in [6.45, 7) is 2.35. The normalized spacial score (nSPS) is 21.4. The second-order valence-corrected chi connectivity index (χ2v) is 5.59. The largest absolute Gasteiger partial charge is 0.380 e. The van der Waals surface area contributed by atoms with Crippen LogP contribution in [0.15, 0.2) is 29.2 Å². The van der Waals surface area contributed by atoms with Crippen LogP contribution in [0.2, 0.25) is 0 Å². The maximum absolute atomic E-state index is 5.96. The van der Waals surface area contributed by atoms with E-state index in [4.69, 9.17) is 10.5 Å². The van der Waals surface area contributed by atoms with E-state index in [9.17, 15) is 0 Å². The quantitative estimate of drug-likeness (QED) is 0.829. The molecule has 2 N–H and O–H groups in total. The van der Waals surface area contributed by atoms with Gasteiger partial charge in [-0.05, 0) is 37.4 Å². The maximum atomic E-state index is 5.96. The molecular formula is C14H22N2OS. The summed E-state index contributed by atoms with van der Waals surface area (Å²) in [6.07, 6.45) is 3.20. The Hall–Kier alpha value is -0.550. The van der Waals surface area contributed by atoms with Crippen molar-refractivity contribution in [3.63, 3.8) is 0 Å². The number of hydrogen-bond acceptors (Lipinski definition) is 4. The van der Waals surface area contributed by atoms with E-state index in [1.807, 2.05) is 0 Å². The van der Waals surface area contributed by atoms with Crippen LogP contribution in [0.25, 0.3) is 0 Å². The fourth-order valence-electron chi connectivity index (χ4n) is 2.46. The summed E-state index contributed by atoms with van der Waals surface area (Å²) in [5.41, 5.74) is 7.25. The molecule has 2 unspecified atom stereocenters. The molecule has 3 nitrogen and oxygen atoms in total. The molecule has 0 saturated carbocycles. The van der Waals surface area contributed by atoms with Crippen molar-refractivity contribution in [2.24, 2.45) is 5.73 Å². The molecule has 1 fully saturated rings. The van der Waals surface area contributed by atoms with Crippen molar-refractivity contribution in [3.8, 4) is 0 Å². The number of hydrogen-bond donors (Lipinski definition) is 1. The maximum Gasteiger partial charge on any atom is 0.0622 e. The summed E-state index contributed by atoms with van der Waals surface area (Å²) in [5.74, 6) is 0. The van der Waals surface area contributed by atoms with Gasteiger partial charge in [0.05, 0.1) is 6.61 Å². The number of rotatable bonds is 5. The van der Waals surface area contributed by atoms with Crippen molar-refractivity contribution in [1.29, 1.82) is 0 Å². The lowest BCUT2D eigenvalue weighted by atomic mass is 10.0. The number of ether oxygens (including phenoxy) is 1. The first-order chi connectivity index (χ1) is 8.76. The zero-order valence-electron chi connectivity index (χ0n) is 11.1. The predicted molar refractivity (Wildman–Crippen MR) is 77.0 cm³/mol. The monoisotopic (exact) mass is 266 g/mol. The Bertz CT molecular complexity index is 363. The van der Waals surface area contributed by atoms with Gasteiger partial charge in [0.15, 0.2) is 0 Å². The lowest BCUT2D eigenvalue weighted by Gasteiger charge is -2.31. The van der Waals surface area contributed by atoms with Crippen LogP contribution in [0.1, 0.15) is 18.0 Å². The van der Waals surface area contributed by atoms with Crippen LogP contribution in [-0.2, 0) is 4.74 Å². The number of thioether (sulfide) groups is 1. The minimum atomic E-state index is 0.285.